The zero-order valence-electron chi connectivity index (χ0n) is 10.3. The number of hydrogen-bond donors (Lipinski definition) is 2. The van der Waals surface area contributed by atoms with E-state index >= 15 is 0 Å². The summed E-state index contributed by atoms with van der Waals surface area (Å²) in [7, 11) is 0. The Morgan fingerprint density at radius 3 is 2.95 bits per heavy atom. The Morgan fingerprint density at radius 2 is 2.35 bits per heavy atom. The third kappa shape index (κ3) is 3.47. The molecule has 0 bridgehead atoms. The predicted molar refractivity (Wildman–Crippen MR) is 77.4 cm³/mol. The van der Waals surface area contributed by atoms with Crippen LogP contribution in [0.4, 0.5) is 5.69 Å². The molecule has 1 heterocycles. The number of aromatic nitrogens is 1. The van der Waals surface area contributed by atoms with Gasteiger partial charge in [0.1, 0.15) is 0 Å². The van der Waals surface area contributed by atoms with E-state index in [2.05, 4.69) is 10.3 Å². The number of nitriles is 1. The molecule has 102 valence electrons. The van der Waals surface area contributed by atoms with E-state index in [-0.39, 0.29) is 5.69 Å². The van der Waals surface area contributed by atoms with Crippen LogP contribution < -0.4 is 5.32 Å². The maximum Gasteiger partial charge on any atom is 0.355 e. The molecule has 0 aliphatic carbocycles. The Hall–Kier alpha value is -2.10. The Bertz CT molecular complexity index is 678. The molecular formula is C13H10ClN3O2S. The fraction of sp³-hybridized carbons (Fsp3) is 0.154. The quantitative estimate of drug-likeness (QED) is 0.886. The molecule has 1 aromatic heterocycles. The van der Waals surface area contributed by atoms with Crippen LogP contribution in [-0.4, -0.2) is 22.6 Å². The van der Waals surface area contributed by atoms with Crippen LogP contribution in [0.2, 0.25) is 5.02 Å². The zero-order valence-corrected chi connectivity index (χ0v) is 11.8. The fourth-order valence-electron chi connectivity index (χ4n) is 1.56. The standard InChI is InChI=1S/C13H10ClN3O2S/c14-9-5-8(6-15)1-2-10(9)16-4-3-12-17-11(7-20-12)13(18)19/h1-2,5,7,16H,3-4H2,(H,18,19). The van der Waals surface area contributed by atoms with Crippen LogP contribution in [0.5, 0.6) is 0 Å². The van der Waals surface area contributed by atoms with Crippen molar-refractivity contribution in [3.8, 4) is 6.07 Å². The van der Waals surface area contributed by atoms with Gasteiger partial charge in [-0.25, -0.2) is 9.78 Å². The minimum atomic E-state index is -1.02. The summed E-state index contributed by atoms with van der Waals surface area (Å²) in [6, 6.07) is 7.03. The summed E-state index contributed by atoms with van der Waals surface area (Å²) >= 11 is 7.35. The first-order valence-electron chi connectivity index (χ1n) is 5.71. The molecule has 0 amide bonds. The number of thiazole rings is 1. The highest BCUT2D eigenvalue weighted by atomic mass is 35.5. The minimum absolute atomic E-state index is 0.0707. The van der Waals surface area contributed by atoms with Crippen molar-refractivity contribution >= 4 is 34.6 Å². The van der Waals surface area contributed by atoms with E-state index in [9.17, 15) is 4.79 Å². The maximum atomic E-state index is 10.7. The molecule has 1 aromatic carbocycles. The van der Waals surface area contributed by atoms with Gasteiger partial charge in [-0.1, -0.05) is 11.6 Å². The first kappa shape index (κ1) is 14.3. The van der Waals surface area contributed by atoms with Gasteiger partial charge in [-0.05, 0) is 18.2 Å². The number of anilines is 1. The fourth-order valence-corrected chi connectivity index (χ4v) is 2.58. The number of benzene rings is 1. The van der Waals surface area contributed by atoms with Gasteiger partial charge in [-0.2, -0.15) is 5.26 Å². The third-order valence-corrected chi connectivity index (χ3v) is 3.74. The molecule has 0 saturated carbocycles. The molecule has 20 heavy (non-hydrogen) atoms. The molecular weight excluding hydrogens is 298 g/mol. The third-order valence-electron chi connectivity index (χ3n) is 2.52. The molecule has 5 nitrogen and oxygen atoms in total. The topological polar surface area (TPSA) is 86.0 Å². The van der Waals surface area contributed by atoms with E-state index in [0.717, 1.165) is 10.7 Å². The second kappa shape index (κ2) is 6.37. The smallest absolute Gasteiger partial charge is 0.355 e. The largest absolute Gasteiger partial charge is 0.476 e. The molecule has 0 aliphatic rings. The van der Waals surface area contributed by atoms with E-state index in [1.54, 1.807) is 18.2 Å². The van der Waals surface area contributed by atoms with E-state index in [0.29, 0.717) is 23.6 Å². The lowest BCUT2D eigenvalue weighted by molar-refractivity contribution is 0.0691. The molecule has 2 aromatic rings. The highest BCUT2D eigenvalue weighted by Gasteiger charge is 2.08. The first-order chi connectivity index (χ1) is 9.60. The molecule has 0 spiro atoms. The van der Waals surface area contributed by atoms with Gasteiger partial charge in [0, 0.05) is 18.3 Å². The normalized spacial score (nSPS) is 10.0. The van der Waals surface area contributed by atoms with Crippen molar-refractivity contribution in [1.29, 1.82) is 5.26 Å². The zero-order chi connectivity index (χ0) is 14.5. The van der Waals surface area contributed by atoms with Crippen molar-refractivity contribution < 1.29 is 9.90 Å². The van der Waals surface area contributed by atoms with E-state index in [1.807, 2.05) is 6.07 Å². The highest BCUT2D eigenvalue weighted by Crippen LogP contribution is 2.22. The Balaban J connectivity index is 1.92. The first-order valence-corrected chi connectivity index (χ1v) is 6.97. The van der Waals surface area contributed by atoms with Crippen LogP contribution in [0.1, 0.15) is 21.1 Å². The molecule has 0 aliphatic heterocycles. The average molecular weight is 308 g/mol. The number of rotatable bonds is 5. The number of carboxylic acids is 1. The number of hydrogen-bond acceptors (Lipinski definition) is 5. The van der Waals surface area contributed by atoms with Crippen molar-refractivity contribution in [3.05, 3.63) is 44.9 Å². The Kier molecular flexibility index (Phi) is 4.56. The SMILES string of the molecule is N#Cc1ccc(NCCc2nc(C(=O)O)cs2)c(Cl)c1. The van der Waals surface area contributed by atoms with Crippen LogP contribution in [0.25, 0.3) is 0 Å². The number of carbonyl (C=O) groups is 1. The molecule has 0 saturated heterocycles. The molecule has 2 rings (SSSR count). The lowest BCUT2D eigenvalue weighted by atomic mass is 10.2. The van der Waals surface area contributed by atoms with Gasteiger partial charge in [0.05, 0.1) is 27.4 Å². The van der Waals surface area contributed by atoms with Gasteiger partial charge in [-0.15, -0.1) is 11.3 Å². The Morgan fingerprint density at radius 1 is 1.55 bits per heavy atom. The number of carboxylic acid groups (broad SMARTS) is 1. The summed E-state index contributed by atoms with van der Waals surface area (Å²) in [6.07, 6.45) is 0.605. The summed E-state index contributed by atoms with van der Waals surface area (Å²) in [6.45, 7) is 0.582. The number of nitrogens with one attached hydrogen (secondary N) is 1. The van der Waals surface area contributed by atoms with Crippen LogP contribution in [0.15, 0.2) is 23.6 Å². The van der Waals surface area contributed by atoms with Crippen molar-refractivity contribution in [1.82, 2.24) is 4.98 Å². The molecule has 0 radical (unpaired) electrons. The van der Waals surface area contributed by atoms with E-state index in [4.69, 9.17) is 22.0 Å². The molecule has 2 N–H and O–H groups in total. The number of nitrogens with zero attached hydrogens (tertiary/aromatic N) is 2. The summed E-state index contributed by atoms with van der Waals surface area (Å²) in [4.78, 5) is 14.7. The van der Waals surface area contributed by atoms with Gasteiger partial charge in [0.25, 0.3) is 0 Å². The minimum Gasteiger partial charge on any atom is -0.476 e. The molecule has 0 atom stereocenters. The van der Waals surface area contributed by atoms with Gasteiger partial charge in [0.15, 0.2) is 5.69 Å². The second-order valence-electron chi connectivity index (χ2n) is 3.91. The lowest BCUT2D eigenvalue weighted by Gasteiger charge is -2.07. The molecule has 0 unspecified atom stereocenters. The van der Waals surface area contributed by atoms with Crippen LogP contribution in [0.3, 0.4) is 0 Å². The van der Waals surface area contributed by atoms with Crippen molar-refractivity contribution in [2.24, 2.45) is 0 Å². The maximum absolute atomic E-state index is 10.7. The van der Waals surface area contributed by atoms with Crippen LogP contribution >= 0.6 is 22.9 Å². The monoisotopic (exact) mass is 307 g/mol. The van der Waals surface area contributed by atoms with Crippen LogP contribution in [-0.2, 0) is 6.42 Å². The highest BCUT2D eigenvalue weighted by molar-refractivity contribution is 7.09. The van der Waals surface area contributed by atoms with Crippen molar-refractivity contribution in [2.45, 2.75) is 6.42 Å². The van der Waals surface area contributed by atoms with E-state index < -0.39 is 5.97 Å². The lowest BCUT2D eigenvalue weighted by Crippen LogP contribution is -2.05. The second-order valence-corrected chi connectivity index (χ2v) is 5.26. The van der Waals surface area contributed by atoms with Crippen molar-refractivity contribution in [3.63, 3.8) is 0 Å². The van der Waals surface area contributed by atoms with Gasteiger partial charge < -0.3 is 10.4 Å². The number of aromatic carboxylic acids is 1. The van der Waals surface area contributed by atoms with Crippen LogP contribution in [0, 0.1) is 11.3 Å². The summed E-state index contributed by atoms with van der Waals surface area (Å²) in [5.74, 6) is -1.02. The average Bonchev–Trinajstić information content (AvgIpc) is 2.89. The molecule has 7 heteroatoms. The molecule has 0 fully saturated rings. The van der Waals surface area contributed by atoms with Gasteiger partial charge in [0.2, 0.25) is 0 Å². The van der Waals surface area contributed by atoms with Gasteiger partial charge in [-0.3, -0.25) is 0 Å². The van der Waals surface area contributed by atoms with E-state index in [1.165, 1.54) is 16.7 Å². The summed E-state index contributed by atoms with van der Waals surface area (Å²) in [5, 5.41) is 23.4. The summed E-state index contributed by atoms with van der Waals surface area (Å²) in [5.41, 5.74) is 1.31. The predicted octanol–water partition coefficient (Wildman–Crippen LogP) is 3.02. The van der Waals surface area contributed by atoms with Crippen molar-refractivity contribution in [2.75, 3.05) is 11.9 Å². The Labute approximate surface area is 124 Å². The number of halogens is 1. The summed E-state index contributed by atoms with van der Waals surface area (Å²) < 4.78 is 0. The van der Waals surface area contributed by atoms with Gasteiger partial charge >= 0.3 is 5.97 Å².